The molecule has 2 atom stereocenters. The maximum absolute atomic E-state index is 11.3. The van der Waals surface area contributed by atoms with Crippen molar-refractivity contribution in [2.24, 2.45) is 5.73 Å². The summed E-state index contributed by atoms with van der Waals surface area (Å²) in [7, 11) is 0. The Labute approximate surface area is 86.0 Å². The molecule has 2 unspecified atom stereocenters. The Morgan fingerprint density at radius 3 is 2.79 bits per heavy atom. The Morgan fingerprint density at radius 2 is 2.21 bits per heavy atom. The summed E-state index contributed by atoms with van der Waals surface area (Å²) in [6.07, 6.45) is 6.75. The van der Waals surface area contributed by atoms with E-state index in [0.29, 0.717) is 6.42 Å². The molecule has 3 nitrogen and oxygen atoms in total. The average molecular weight is 199 g/mol. The van der Waals surface area contributed by atoms with Gasteiger partial charge in [0.15, 0.2) is 0 Å². The van der Waals surface area contributed by atoms with Crippen LogP contribution in [0.1, 0.15) is 51.9 Å². The van der Waals surface area contributed by atoms with Crippen LogP contribution >= 0.6 is 0 Å². The van der Waals surface area contributed by atoms with Gasteiger partial charge in [0.1, 0.15) is 6.10 Å². The summed E-state index contributed by atoms with van der Waals surface area (Å²) in [5, 5.41) is 0. The molecular weight excluding hydrogens is 178 g/mol. The van der Waals surface area contributed by atoms with Crippen LogP contribution in [0.3, 0.4) is 0 Å². The average Bonchev–Trinajstić information content (AvgIpc) is 2.52. The minimum Gasteiger partial charge on any atom is -0.461 e. The molecule has 1 fully saturated rings. The monoisotopic (exact) mass is 199 g/mol. The highest BCUT2D eigenvalue weighted by molar-refractivity contribution is 5.69. The Bertz CT molecular complexity index is 182. The molecule has 1 rings (SSSR count). The molecule has 0 aromatic carbocycles. The van der Waals surface area contributed by atoms with Crippen LogP contribution in [0, 0.1) is 0 Å². The molecule has 3 heteroatoms. The second kappa shape index (κ2) is 6.02. The maximum Gasteiger partial charge on any atom is 0.306 e. The third kappa shape index (κ3) is 3.66. The summed E-state index contributed by atoms with van der Waals surface area (Å²) in [5.74, 6) is -0.0687. The van der Waals surface area contributed by atoms with Crippen LogP contribution in [-0.4, -0.2) is 18.1 Å². The minimum atomic E-state index is -0.0687. The van der Waals surface area contributed by atoms with Crippen molar-refractivity contribution < 1.29 is 9.53 Å². The summed E-state index contributed by atoms with van der Waals surface area (Å²) in [6, 6.07) is 0.0742. The van der Waals surface area contributed by atoms with Crippen molar-refractivity contribution in [2.45, 2.75) is 64.0 Å². The highest BCUT2D eigenvalue weighted by Gasteiger charge is 2.26. The molecule has 0 heterocycles. The van der Waals surface area contributed by atoms with Gasteiger partial charge in [-0.2, -0.15) is 0 Å². The number of carbonyl (C=O) groups excluding carboxylic acids is 1. The summed E-state index contributed by atoms with van der Waals surface area (Å²) >= 11 is 0. The smallest absolute Gasteiger partial charge is 0.306 e. The van der Waals surface area contributed by atoms with Gasteiger partial charge in [-0.1, -0.05) is 19.8 Å². The fourth-order valence-electron chi connectivity index (χ4n) is 1.85. The number of hydrogen-bond acceptors (Lipinski definition) is 3. The zero-order valence-electron chi connectivity index (χ0n) is 9.00. The van der Waals surface area contributed by atoms with Crippen LogP contribution in [0.4, 0.5) is 0 Å². The molecule has 1 aliphatic carbocycles. The Balaban J connectivity index is 2.13. The molecule has 1 saturated carbocycles. The molecule has 0 saturated heterocycles. The molecule has 0 aromatic heterocycles. The van der Waals surface area contributed by atoms with Crippen LogP contribution in [0.25, 0.3) is 0 Å². The largest absolute Gasteiger partial charge is 0.461 e. The molecule has 0 radical (unpaired) electrons. The molecular formula is C11H21NO2. The van der Waals surface area contributed by atoms with E-state index in [1.807, 2.05) is 0 Å². The van der Waals surface area contributed by atoms with Crippen molar-refractivity contribution in [3.05, 3.63) is 0 Å². The third-order valence-corrected chi connectivity index (χ3v) is 2.77. The van der Waals surface area contributed by atoms with Gasteiger partial charge in [0.2, 0.25) is 0 Å². The molecule has 0 bridgehead atoms. The predicted octanol–water partition coefficient (Wildman–Crippen LogP) is 1.99. The van der Waals surface area contributed by atoms with Crippen LogP contribution < -0.4 is 5.73 Å². The Hall–Kier alpha value is -0.570. The lowest BCUT2D eigenvalue weighted by atomic mass is 10.2. The fraction of sp³-hybridized carbons (Fsp3) is 0.909. The molecule has 0 spiro atoms. The fourth-order valence-corrected chi connectivity index (χ4v) is 1.85. The van der Waals surface area contributed by atoms with Gasteiger partial charge >= 0.3 is 5.97 Å². The number of rotatable bonds is 5. The lowest BCUT2D eigenvalue weighted by Crippen LogP contribution is -2.33. The lowest BCUT2D eigenvalue weighted by Gasteiger charge is -2.16. The lowest BCUT2D eigenvalue weighted by molar-refractivity contribution is -0.149. The number of ether oxygens (including phenoxy) is 1. The normalized spacial score (nSPS) is 26.4. The van der Waals surface area contributed by atoms with E-state index in [1.165, 1.54) is 0 Å². The Kier molecular flexibility index (Phi) is 4.94. The van der Waals surface area contributed by atoms with Crippen molar-refractivity contribution in [2.75, 3.05) is 0 Å². The van der Waals surface area contributed by atoms with Crippen LogP contribution in [-0.2, 0) is 9.53 Å². The number of hydrogen-bond donors (Lipinski definition) is 1. The van der Waals surface area contributed by atoms with Crippen LogP contribution in [0.5, 0.6) is 0 Å². The minimum absolute atomic E-state index is 0.0101. The first kappa shape index (κ1) is 11.5. The van der Waals surface area contributed by atoms with E-state index < -0.39 is 0 Å². The van der Waals surface area contributed by atoms with E-state index in [0.717, 1.165) is 38.5 Å². The first-order valence-electron chi connectivity index (χ1n) is 5.69. The zero-order valence-corrected chi connectivity index (χ0v) is 9.00. The van der Waals surface area contributed by atoms with Crippen molar-refractivity contribution in [1.29, 1.82) is 0 Å². The summed E-state index contributed by atoms with van der Waals surface area (Å²) < 4.78 is 5.31. The van der Waals surface area contributed by atoms with Crippen LogP contribution in [0.15, 0.2) is 0 Å². The van der Waals surface area contributed by atoms with Gasteiger partial charge in [0.05, 0.1) is 0 Å². The third-order valence-electron chi connectivity index (χ3n) is 2.77. The standard InChI is InChI=1S/C11H21NO2/c1-2-3-4-8-11(13)14-10-7-5-6-9(10)12/h9-10H,2-8,12H2,1H3. The number of esters is 1. The van der Waals surface area contributed by atoms with Gasteiger partial charge in [-0.25, -0.2) is 0 Å². The van der Waals surface area contributed by atoms with Crippen molar-refractivity contribution >= 4 is 5.97 Å². The SMILES string of the molecule is CCCCCC(=O)OC1CCCC1N. The highest BCUT2D eigenvalue weighted by Crippen LogP contribution is 2.20. The summed E-state index contributed by atoms with van der Waals surface area (Å²) in [5.41, 5.74) is 5.80. The predicted molar refractivity (Wildman–Crippen MR) is 55.8 cm³/mol. The number of unbranched alkanes of at least 4 members (excludes halogenated alkanes) is 2. The van der Waals surface area contributed by atoms with Gasteiger partial charge in [-0.15, -0.1) is 0 Å². The second-order valence-corrected chi connectivity index (χ2v) is 4.08. The van der Waals surface area contributed by atoms with Crippen LogP contribution in [0.2, 0.25) is 0 Å². The maximum atomic E-state index is 11.3. The zero-order chi connectivity index (χ0) is 10.4. The first-order chi connectivity index (χ1) is 6.74. The van der Waals surface area contributed by atoms with E-state index in [1.54, 1.807) is 0 Å². The topological polar surface area (TPSA) is 52.3 Å². The van der Waals surface area contributed by atoms with Crippen molar-refractivity contribution in [1.82, 2.24) is 0 Å². The van der Waals surface area contributed by atoms with E-state index in [4.69, 9.17) is 10.5 Å². The molecule has 1 aliphatic rings. The molecule has 0 amide bonds. The molecule has 14 heavy (non-hydrogen) atoms. The number of nitrogens with two attached hydrogens (primary N) is 1. The molecule has 2 N–H and O–H groups in total. The van der Waals surface area contributed by atoms with Gasteiger partial charge in [0.25, 0.3) is 0 Å². The van der Waals surface area contributed by atoms with Gasteiger partial charge in [0, 0.05) is 12.5 Å². The van der Waals surface area contributed by atoms with Gasteiger partial charge < -0.3 is 10.5 Å². The highest BCUT2D eigenvalue weighted by atomic mass is 16.5. The second-order valence-electron chi connectivity index (χ2n) is 4.08. The quantitative estimate of drug-likeness (QED) is 0.544. The van der Waals surface area contributed by atoms with E-state index in [9.17, 15) is 4.79 Å². The molecule has 0 aliphatic heterocycles. The van der Waals surface area contributed by atoms with Crippen molar-refractivity contribution in [3.63, 3.8) is 0 Å². The van der Waals surface area contributed by atoms with E-state index in [2.05, 4.69) is 6.92 Å². The molecule has 0 aromatic rings. The summed E-state index contributed by atoms with van der Waals surface area (Å²) in [6.45, 7) is 2.12. The van der Waals surface area contributed by atoms with Gasteiger partial charge in [-0.3, -0.25) is 4.79 Å². The summed E-state index contributed by atoms with van der Waals surface area (Å²) in [4.78, 5) is 11.3. The van der Waals surface area contributed by atoms with E-state index >= 15 is 0 Å². The van der Waals surface area contributed by atoms with E-state index in [-0.39, 0.29) is 18.1 Å². The number of carbonyl (C=O) groups is 1. The molecule has 82 valence electrons. The van der Waals surface area contributed by atoms with Crippen molar-refractivity contribution in [3.8, 4) is 0 Å². The Morgan fingerprint density at radius 1 is 1.43 bits per heavy atom. The first-order valence-corrected chi connectivity index (χ1v) is 5.69. The van der Waals surface area contributed by atoms with Gasteiger partial charge in [-0.05, 0) is 25.7 Å².